The smallest absolute Gasteiger partial charge is 0.0239 e. The summed E-state index contributed by atoms with van der Waals surface area (Å²) in [6.45, 7) is 6.61. The van der Waals surface area contributed by atoms with Crippen molar-refractivity contribution in [1.82, 2.24) is 10.2 Å². The van der Waals surface area contributed by atoms with Gasteiger partial charge in [0.15, 0.2) is 0 Å². The highest BCUT2D eigenvalue weighted by Crippen LogP contribution is 2.07. The minimum absolute atomic E-state index is 1.07. The van der Waals surface area contributed by atoms with E-state index in [-0.39, 0.29) is 0 Å². The molecular weight excluding hydrogens is 192 g/mol. The van der Waals surface area contributed by atoms with Crippen LogP contribution < -0.4 is 5.32 Å². The molecule has 1 N–H and O–H groups in total. The minimum Gasteiger partial charge on any atom is -0.315 e. The molecule has 0 aliphatic carbocycles. The van der Waals surface area contributed by atoms with Gasteiger partial charge in [0, 0.05) is 19.6 Å². The Morgan fingerprint density at radius 1 is 1.43 bits per heavy atom. The number of hydrogen-bond acceptors (Lipinski definition) is 3. The fourth-order valence-corrected chi connectivity index (χ4v) is 2.00. The topological polar surface area (TPSA) is 15.3 Å². The molecule has 1 rings (SSSR count). The first-order valence-electron chi connectivity index (χ1n) is 5.23. The van der Waals surface area contributed by atoms with Crippen LogP contribution in [0.25, 0.3) is 0 Å². The van der Waals surface area contributed by atoms with Crippen LogP contribution in [0, 0.1) is 0 Å². The van der Waals surface area contributed by atoms with Gasteiger partial charge >= 0.3 is 0 Å². The summed E-state index contributed by atoms with van der Waals surface area (Å²) in [6, 6.07) is 2.20. The Bertz CT molecular complexity index is 221. The van der Waals surface area contributed by atoms with Crippen molar-refractivity contribution < 1.29 is 0 Å². The zero-order valence-corrected chi connectivity index (χ0v) is 9.94. The van der Waals surface area contributed by atoms with Crippen LogP contribution >= 0.6 is 11.3 Å². The summed E-state index contributed by atoms with van der Waals surface area (Å²) in [5.41, 5.74) is 1.42. The van der Waals surface area contributed by atoms with Crippen LogP contribution in [-0.4, -0.2) is 31.6 Å². The van der Waals surface area contributed by atoms with Crippen molar-refractivity contribution in [2.24, 2.45) is 0 Å². The molecule has 0 atom stereocenters. The molecule has 3 heteroatoms. The quantitative estimate of drug-likeness (QED) is 0.697. The van der Waals surface area contributed by atoms with Crippen LogP contribution in [0.5, 0.6) is 0 Å². The highest BCUT2D eigenvalue weighted by molar-refractivity contribution is 7.07. The van der Waals surface area contributed by atoms with E-state index in [4.69, 9.17) is 0 Å². The average molecular weight is 212 g/mol. The first kappa shape index (κ1) is 11.7. The Kier molecular flexibility index (Phi) is 5.83. The molecular formula is C11H20N2S. The lowest BCUT2D eigenvalue weighted by atomic mass is 10.3. The van der Waals surface area contributed by atoms with E-state index in [1.54, 1.807) is 11.3 Å². The van der Waals surface area contributed by atoms with Gasteiger partial charge in [-0.1, -0.05) is 6.92 Å². The third kappa shape index (κ3) is 4.74. The summed E-state index contributed by atoms with van der Waals surface area (Å²) in [6.07, 6.45) is 1.22. The number of nitrogens with one attached hydrogen (secondary N) is 1. The Labute approximate surface area is 90.9 Å². The first-order chi connectivity index (χ1) is 6.83. The third-order valence-electron chi connectivity index (χ3n) is 2.13. The zero-order chi connectivity index (χ0) is 10.2. The molecule has 2 nitrogen and oxygen atoms in total. The number of hydrogen-bond donors (Lipinski definition) is 1. The molecule has 1 aromatic rings. The zero-order valence-electron chi connectivity index (χ0n) is 9.12. The second-order valence-corrected chi connectivity index (χ2v) is 4.40. The van der Waals surface area contributed by atoms with E-state index in [2.05, 4.69) is 41.0 Å². The van der Waals surface area contributed by atoms with Gasteiger partial charge in [-0.3, -0.25) is 0 Å². The predicted molar refractivity (Wildman–Crippen MR) is 63.8 cm³/mol. The number of likely N-dealkylation sites (N-methyl/N-ethyl adjacent to an activating group) is 1. The molecule has 0 saturated carbocycles. The standard InChI is InChI=1S/C11H20N2S/c1-3-5-12-6-7-13(2)9-11-4-8-14-10-11/h4,8,10,12H,3,5-7,9H2,1-2H3. The van der Waals surface area contributed by atoms with Gasteiger partial charge in [0.25, 0.3) is 0 Å². The highest BCUT2D eigenvalue weighted by atomic mass is 32.1. The molecule has 0 saturated heterocycles. The molecule has 0 spiro atoms. The third-order valence-corrected chi connectivity index (χ3v) is 2.86. The van der Waals surface area contributed by atoms with E-state index >= 15 is 0 Å². The Hall–Kier alpha value is -0.380. The molecule has 0 unspecified atom stereocenters. The highest BCUT2D eigenvalue weighted by Gasteiger charge is 1.99. The van der Waals surface area contributed by atoms with Crippen LogP contribution in [0.15, 0.2) is 16.8 Å². The largest absolute Gasteiger partial charge is 0.315 e. The lowest BCUT2D eigenvalue weighted by Crippen LogP contribution is -2.29. The number of rotatable bonds is 7. The first-order valence-corrected chi connectivity index (χ1v) is 6.17. The Morgan fingerprint density at radius 2 is 2.29 bits per heavy atom. The minimum atomic E-state index is 1.07. The van der Waals surface area contributed by atoms with Crippen molar-refractivity contribution in [3.63, 3.8) is 0 Å². The monoisotopic (exact) mass is 212 g/mol. The van der Waals surface area contributed by atoms with Crippen LogP contribution in [0.1, 0.15) is 18.9 Å². The molecule has 1 aromatic heterocycles. The van der Waals surface area contributed by atoms with Crippen molar-refractivity contribution in [1.29, 1.82) is 0 Å². The predicted octanol–water partition coefficient (Wildman–Crippen LogP) is 2.18. The van der Waals surface area contributed by atoms with Crippen LogP contribution in [0.3, 0.4) is 0 Å². The van der Waals surface area contributed by atoms with Crippen molar-refractivity contribution in [2.45, 2.75) is 19.9 Å². The molecule has 0 amide bonds. The van der Waals surface area contributed by atoms with Crippen LogP contribution in [0.2, 0.25) is 0 Å². The van der Waals surface area contributed by atoms with Gasteiger partial charge in [-0.05, 0) is 42.4 Å². The van der Waals surface area contributed by atoms with Crippen molar-refractivity contribution in [2.75, 3.05) is 26.7 Å². The maximum absolute atomic E-state index is 3.41. The van der Waals surface area contributed by atoms with Gasteiger partial charge in [-0.25, -0.2) is 0 Å². The summed E-state index contributed by atoms with van der Waals surface area (Å²) >= 11 is 1.77. The van der Waals surface area contributed by atoms with Crippen LogP contribution in [-0.2, 0) is 6.54 Å². The lowest BCUT2D eigenvalue weighted by molar-refractivity contribution is 0.325. The summed E-state index contributed by atoms with van der Waals surface area (Å²) in [4.78, 5) is 2.35. The van der Waals surface area contributed by atoms with Gasteiger partial charge in [-0.15, -0.1) is 0 Å². The second-order valence-electron chi connectivity index (χ2n) is 3.62. The van der Waals surface area contributed by atoms with E-state index in [1.807, 2.05) is 0 Å². The van der Waals surface area contributed by atoms with Gasteiger partial charge in [-0.2, -0.15) is 11.3 Å². The molecule has 0 fully saturated rings. The molecule has 1 heterocycles. The number of thiophene rings is 1. The molecule has 80 valence electrons. The maximum Gasteiger partial charge on any atom is 0.0239 e. The molecule has 0 aliphatic heterocycles. The van der Waals surface area contributed by atoms with Gasteiger partial charge < -0.3 is 10.2 Å². The van der Waals surface area contributed by atoms with E-state index in [9.17, 15) is 0 Å². The van der Waals surface area contributed by atoms with Crippen molar-refractivity contribution in [3.05, 3.63) is 22.4 Å². The SMILES string of the molecule is CCCNCCN(C)Cc1ccsc1. The van der Waals surface area contributed by atoms with Gasteiger partial charge in [0.1, 0.15) is 0 Å². The van der Waals surface area contributed by atoms with Gasteiger partial charge in [0.05, 0.1) is 0 Å². The molecule has 0 radical (unpaired) electrons. The Morgan fingerprint density at radius 3 is 2.93 bits per heavy atom. The number of nitrogens with zero attached hydrogens (tertiary/aromatic N) is 1. The summed E-state index contributed by atoms with van der Waals surface area (Å²) in [5, 5.41) is 7.76. The molecule has 0 aromatic carbocycles. The van der Waals surface area contributed by atoms with E-state index in [0.717, 1.165) is 26.2 Å². The summed E-state index contributed by atoms with van der Waals surface area (Å²) in [7, 11) is 2.17. The fourth-order valence-electron chi connectivity index (χ4n) is 1.35. The van der Waals surface area contributed by atoms with Crippen molar-refractivity contribution >= 4 is 11.3 Å². The normalized spacial score (nSPS) is 11.1. The van der Waals surface area contributed by atoms with Gasteiger partial charge in [0.2, 0.25) is 0 Å². The average Bonchev–Trinajstić information content (AvgIpc) is 2.65. The fraction of sp³-hybridized carbons (Fsp3) is 0.636. The molecule has 0 bridgehead atoms. The van der Waals surface area contributed by atoms with E-state index in [0.29, 0.717) is 0 Å². The summed E-state index contributed by atoms with van der Waals surface area (Å²) in [5.74, 6) is 0. The Balaban J connectivity index is 2.07. The van der Waals surface area contributed by atoms with Crippen LogP contribution in [0.4, 0.5) is 0 Å². The van der Waals surface area contributed by atoms with E-state index in [1.165, 1.54) is 12.0 Å². The molecule has 14 heavy (non-hydrogen) atoms. The van der Waals surface area contributed by atoms with Crippen molar-refractivity contribution in [3.8, 4) is 0 Å². The lowest BCUT2D eigenvalue weighted by Gasteiger charge is -2.15. The van der Waals surface area contributed by atoms with E-state index < -0.39 is 0 Å². The molecule has 0 aliphatic rings. The maximum atomic E-state index is 3.41. The summed E-state index contributed by atoms with van der Waals surface area (Å²) < 4.78 is 0. The second kappa shape index (κ2) is 6.98.